The maximum absolute atomic E-state index is 10.9. The zero-order chi connectivity index (χ0) is 22.2. The molecule has 0 aliphatic rings. The molecule has 0 bridgehead atoms. The van der Waals surface area contributed by atoms with Gasteiger partial charge in [0.2, 0.25) is 0 Å². The third kappa shape index (κ3) is 5.83. The number of para-hydroxylation sites is 1. The van der Waals surface area contributed by atoms with Crippen LogP contribution in [0.25, 0.3) is 0 Å². The maximum Gasteiger partial charge on any atom is 0.335 e. The fourth-order valence-corrected chi connectivity index (χ4v) is 2.93. The van der Waals surface area contributed by atoms with Crippen LogP contribution in [0.1, 0.15) is 21.5 Å². The van der Waals surface area contributed by atoms with Crippen molar-refractivity contribution in [3.05, 3.63) is 120 Å². The van der Waals surface area contributed by atoms with Crippen LogP contribution in [0.4, 0.5) is 5.69 Å². The van der Waals surface area contributed by atoms with Gasteiger partial charge in [0, 0.05) is 6.21 Å². The minimum Gasteiger partial charge on any atom is -0.489 e. The van der Waals surface area contributed by atoms with Gasteiger partial charge in [0.05, 0.1) is 11.3 Å². The van der Waals surface area contributed by atoms with Crippen LogP contribution in [-0.4, -0.2) is 17.3 Å². The largest absolute Gasteiger partial charge is 0.489 e. The molecule has 0 aromatic heterocycles. The van der Waals surface area contributed by atoms with Gasteiger partial charge in [-0.15, -0.1) is 0 Å². The number of ether oxygens (including phenoxy) is 2. The van der Waals surface area contributed by atoms with E-state index >= 15 is 0 Å². The number of nitrogens with zero attached hydrogens (tertiary/aromatic N) is 1. The van der Waals surface area contributed by atoms with Gasteiger partial charge in [0.1, 0.15) is 23.9 Å². The summed E-state index contributed by atoms with van der Waals surface area (Å²) in [7, 11) is 0. The Bertz CT molecular complexity index is 1180. The molecule has 0 aliphatic heterocycles. The van der Waals surface area contributed by atoms with Crippen LogP contribution in [-0.2, 0) is 6.61 Å². The minimum absolute atomic E-state index is 0.260. The number of rotatable bonds is 8. The van der Waals surface area contributed by atoms with Gasteiger partial charge in [0.15, 0.2) is 0 Å². The van der Waals surface area contributed by atoms with Gasteiger partial charge in [-0.3, -0.25) is 4.99 Å². The molecule has 0 aliphatic carbocycles. The lowest BCUT2D eigenvalue weighted by Gasteiger charge is -2.07. The summed E-state index contributed by atoms with van der Waals surface area (Å²) >= 11 is 0. The maximum atomic E-state index is 10.9. The summed E-state index contributed by atoms with van der Waals surface area (Å²) in [6.45, 7) is 0.366. The number of hydrogen-bond donors (Lipinski definition) is 1. The molecule has 0 heterocycles. The molecule has 0 radical (unpaired) electrons. The first-order valence-electron chi connectivity index (χ1n) is 10.1. The third-order valence-corrected chi connectivity index (χ3v) is 4.66. The van der Waals surface area contributed by atoms with Crippen molar-refractivity contribution in [2.24, 2.45) is 4.99 Å². The summed E-state index contributed by atoms with van der Waals surface area (Å²) in [6.07, 6.45) is 1.79. The molecule has 32 heavy (non-hydrogen) atoms. The second-order valence-corrected chi connectivity index (χ2v) is 7.03. The second-order valence-electron chi connectivity index (χ2n) is 7.03. The molecule has 158 valence electrons. The monoisotopic (exact) mass is 423 g/mol. The molecule has 0 saturated carbocycles. The summed E-state index contributed by atoms with van der Waals surface area (Å²) in [5.74, 6) is 1.34. The van der Waals surface area contributed by atoms with E-state index in [0.29, 0.717) is 6.61 Å². The van der Waals surface area contributed by atoms with E-state index in [9.17, 15) is 4.79 Å². The summed E-state index contributed by atoms with van der Waals surface area (Å²) < 4.78 is 11.6. The smallest absolute Gasteiger partial charge is 0.335 e. The van der Waals surface area contributed by atoms with Crippen LogP contribution >= 0.6 is 0 Å². The Balaban J connectivity index is 1.30. The van der Waals surface area contributed by atoms with Gasteiger partial charge in [-0.1, -0.05) is 30.3 Å². The summed E-state index contributed by atoms with van der Waals surface area (Å²) in [5.41, 5.74) is 2.94. The van der Waals surface area contributed by atoms with Crippen LogP contribution < -0.4 is 9.47 Å². The molecular formula is C27H21NO4. The first kappa shape index (κ1) is 20.9. The molecule has 4 rings (SSSR count). The number of aliphatic imine (C=N–C) groups is 1. The molecule has 5 heteroatoms. The van der Waals surface area contributed by atoms with E-state index < -0.39 is 5.97 Å². The highest BCUT2D eigenvalue weighted by Crippen LogP contribution is 2.24. The van der Waals surface area contributed by atoms with Crippen molar-refractivity contribution in [3.63, 3.8) is 0 Å². The molecule has 0 atom stereocenters. The first-order chi connectivity index (χ1) is 15.7. The van der Waals surface area contributed by atoms with Crippen molar-refractivity contribution in [1.29, 1.82) is 0 Å². The molecule has 4 aromatic carbocycles. The van der Waals surface area contributed by atoms with Crippen molar-refractivity contribution < 1.29 is 19.4 Å². The Hall–Kier alpha value is -4.38. The van der Waals surface area contributed by atoms with Gasteiger partial charge in [0.25, 0.3) is 0 Å². The van der Waals surface area contributed by atoms with Crippen molar-refractivity contribution in [2.45, 2.75) is 6.61 Å². The van der Waals surface area contributed by atoms with Crippen LogP contribution in [0.2, 0.25) is 0 Å². The van der Waals surface area contributed by atoms with Crippen molar-refractivity contribution in [1.82, 2.24) is 0 Å². The lowest BCUT2D eigenvalue weighted by Crippen LogP contribution is -1.99. The highest BCUT2D eigenvalue weighted by Gasteiger charge is 2.02. The number of aromatic carboxylic acids is 1. The van der Waals surface area contributed by atoms with E-state index in [1.807, 2.05) is 78.9 Å². The average molecular weight is 423 g/mol. The lowest BCUT2D eigenvalue weighted by molar-refractivity contribution is 0.0697. The fourth-order valence-electron chi connectivity index (χ4n) is 2.93. The van der Waals surface area contributed by atoms with Crippen molar-refractivity contribution in [2.75, 3.05) is 0 Å². The normalized spacial score (nSPS) is 10.8. The van der Waals surface area contributed by atoms with Crippen LogP contribution in [0.3, 0.4) is 0 Å². The zero-order valence-electron chi connectivity index (χ0n) is 17.2. The van der Waals surface area contributed by atoms with E-state index in [1.54, 1.807) is 30.5 Å². The lowest BCUT2D eigenvalue weighted by atomic mass is 10.1. The zero-order valence-corrected chi connectivity index (χ0v) is 17.2. The summed E-state index contributed by atoms with van der Waals surface area (Å²) in [4.78, 5) is 15.4. The minimum atomic E-state index is -0.939. The fraction of sp³-hybridized carbons (Fsp3) is 0.0370. The molecular weight excluding hydrogens is 402 g/mol. The van der Waals surface area contributed by atoms with Crippen LogP contribution in [0, 0.1) is 0 Å². The molecule has 1 N–H and O–H groups in total. The summed E-state index contributed by atoms with van der Waals surface area (Å²) in [6, 6.07) is 31.5. The van der Waals surface area contributed by atoms with E-state index in [2.05, 4.69) is 4.99 Å². The van der Waals surface area contributed by atoms with E-state index in [0.717, 1.165) is 34.1 Å². The van der Waals surface area contributed by atoms with Gasteiger partial charge in [-0.05, 0) is 83.9 Å². The third-order valence-electron chi connectivity index (χ3n) is 4.66. The van der Waals surface area contributed by atoms with Gasteiger partial charge in [-0.25, -0.2) is 4.79 Å². The highest BCUT2D eigenvalue weighted by molar-refractivity contribution is 5.87. The van der Waals surface area contributed by atoms with Crippen LogP contribution in [0.15, 0.2) is 108 Å². The predicted molar refractivity (Wildman–Crippen MR) is 124 cm³/mol. The molecule has 0 unspecified atom stereocenters. The molecule has 0 spiro atoms. The number of carboxylic acid groups (broad SMARTS) is 1. The SMILES string of the molecule is O=C(O)c1ccc(COc2ccc(C=Nc3ccc(Oc4ccccc4)cc3)cc2)cc1. The average Bonchev–Trinajstić information content (AvgIpc) is 2.84. The Morgan fingerprint density at radius 1 is 0.750 bits per heavy atom. The molecule has 0 amide bonds. The molecule has 0 fully saturated rings. The van der Waals surface area contributed by atoms with E-state index in [-0.39, 0.29) is 5.56 Å². The number of hydrogen-bond acceptors (Lipinski definition) is 4. The second kappa shape index (κ2) is 10.1. The quantitative estimate of drug-likeness (QED) is 0.328. The Kier molecular flexibility index (Phi) is 6.58. The molecule has 0 saturated heterocycles. The molecule has 5 nitrogen and oxygen atoms in total. The predicted octanol–water partition coefficient (Wildman–Crippen LogP) is 6.51. The van der Waals surface area contributed by atoms with Gasteiger partial charge >= 0.3 is 5.97 Å². The van der Waals surface area contributed by atoms with Crippen LogP contribution in [0.5, 0.6) is 17.2 Å². The number of carboxylic acids is 1. The Morgan fingerprint density at radius 3 is 2.03 bits per heavy atom. The van der Waals surface area contributed by atoms with E-state index in [1.165, 1.54) is 0 Å². The standard InChI is InChI=1S/C27H21NO4/c29-27(30)22-10-6-21(7-11-22)19-31-24-14-8-20(9-15-24)18-28-23-12-16-26(17-13-23)32-25-4-2-1-3-5-25/h1-18H,19H2,(H,29,30). The molecule has 4 aromatic rings. The number of benzene rings is 4. The topological polar surface area (TPSA) is 68.1 Å². The van der Waals surface area contributed by atoms with Crippen molar-refractivity contribution in [3.8, 4) is 17.2 Å². The highest BCUT2D eigenvalue weighted by atomic mass is 16.5. The van der Waals surface area contributed by atoms with Gasteiger partial charge in [-0.2, -0.15) is 0 Å². The number of carbonyl (C=O) groups is 1. The van der Waals surface area contributed by atoms with Crippen molar-refractivity contribution >= 4 is 17.9 Å². The Morgan fingerprint density at radius 2 is 1.38 bits per heavy atom. The van der Waals surface area contributed by atoms with E-state index in [4.69, 9.17) is 14.6 Å². The van der Waals surface area contributed by atoms with Gasteiger partial charge < -0.3 is 14.6 Å². The first-order valence-corrected chi connectivity index (χ1v) is 10.1. The Labute approximate surface area is 186 Å². The summed E-state index contributed by atoms with van der Waals surface area (Å²) in [5, 5.41) is 8.95.